The Hall–Kier alpha value is -7.40. The zero-order chi connectivity index (χ0) is 39.4. The molecule has 4 heteroatoms. The molecule has 1 aliphatic carbocycles. The van der Waals surface area contributed by atoms with Gasteiger partial charge >= 0.3 is 0 Å². The molecule has 60 heavy (non-hydrogen) atoms. The van der Waals surface area contributed by atoms with E-state index in [-0.39, 0.29) is 0 Å². The minimum absolute atomic E-state index is 0.530. The molecule has 11 aromatic rings. The van der Waals surface area contributed by atoms with Crippen molar-refractivity contribution in [1.29, 1.82) is 0 Å². The third-order valence-electron chi connectivity index (χ3n) is 12.7. The molecule has 0 N–H and O–H groups in total. The summed E-state index contributed by atoms with van der Waals surface area (Å²) in [4.78, 5) is 18.6. The van der Waals surface area contributed by atoms with Crippen molar-refractivity contribution in [3.8, 4) is 44.9 Å². The van der Waals surface area contributed by atoms with Gasteiger partial charge in [0.05, 0.1) is 39.0 Å². The second-order valence-corrected chi connectivity index (χ2v) is 16.9. The number of para-hydroxylation sites is 1. The van der Waals surface area contributed by atoms with Gasteiger partial charge in [-0.1, -0.05) is 176 Å². The predicted molar refractivity (Wildman–Crippen MR) is 248 cm³/mol. The lowest BCUT2D eigenvalue weighted by Crippen LogP contribution is -2.31. The van der Waals surface area contributed by atoms with E-state index in [0.717, 1.165) is 71.9 Å². The highest BCUT2D eigenvalue weighted by atomic mass is 32.2. The van der Waals surface area contributed by atoms with E-state index in [0.29, 0.717) is 0 Å². The summed E-state index contributed by atoms with van der Waals surface area (Å²) in [5.74, 6) is 0. The molecule has 8 aromatic carbocycles. The summed E-state index contributed by atoms with van der Waals surface area (Å²) in [5, 5.41) is 5.68. The smallest absolute Gasteiger partial charge is 0.0972 e. The fourth-order valence-electron chi connectivity index (χ4n) is 10.1. The average Bonchev–Trinajstić information content (AvgIpc) is 3.61. The molecule has 0 saturated heterocycles. The molecule has 3 aromatic heterocycles. The van der Waals surface area contributed by atoms with E-state index >= 15 is 0 Å². The number of pyridine rings is 3. The molecular formula is C56H33N3S. The van der Waals surface area contributed by atoms with Crippen molar-refractivity contribution in [2.24, 2.45) is 0 Å². The summed E-state index contributed by atoms with van der Waals surface area (Å²) in [6.45, 7) is 0. The van der Waals surface area contributed by atoms with Crippen molar-refractivity contribution >= 4 is 55.2 Å². The Kier molecular flexibility index (Phi) is 7.16. The molecule has 0 unspecified atom stereocenters. The van der Waals surface area contributed by atoms with E-state index in [9.17, 15) is 0 Å². The molecule has 3 nitrogen and oxygen atoms in total. The van der Waals surface area contributed by atoms with Gasteiger partial charge in [0.25, 0.3) is 0 Å². The van der Waals surface area contributed by atoms with Crippen LogP contribution in [0, 0.1) is 0 Å². The predicted octanol–water partition coefficient (Wildman–Crippen LogP) is 14.3. The summed E-state index contributed by atoms with van der Waals surface area (Å²) in [6.07, 6.45) is 0. The van der Waals surface area contributed by atoms with Crippen molar-refractivity contribution < 1.29 is 0 Å². The van der Waals surface area contributed by atoms with Crippen molar-refractivity contribution in [3.05, 3.63) is 222 Å². The lowest BCUT2D eigenvalue weighted by molar-refractivity contribution is 0.723. The van der Waals surface area contributed by atoms with Crippen LogP contribution in [0.1, 0.15) is 22.3 Å². The first-order chi connectivity index (χ1) is 29.7. The number of hydrogen-bond acceptors (Lipinski definition) is 4. The van der Waals surface area contributed by atoms with Crippen molar-refractivity contribution in [3.63, 3.8) is 0 Å². The van der Waals surface area contributed by atoms with Gasteiger partial charge in [0, 0.05) is 53.4 Å². The van der Waals surface area contributed by atoms with Gasteiger partial charge in [0.15, 0.2) is 0 Å². The van der Waals surface area contributed by atoms with E-state index in [2.05, 4.69) is 194 Å². The molecule has 0 atom stereocenters. The van der Waals surface area contributed by atoms with Crippen molar-refractivity contribution in [2.45, 2.75) is 15.2 Å². The highest BCUT2D eigenvalue weighted by molar-refractivity contribution is 7.99. The highest BCUT2D eigenvalue weighted by Crippen LogP contribution is 2.64. The van der Waals surface area contributed by atoms with Gasteiger partial charge in [-0.05, 0) is 69.8 Å². The van der Waals surface area contributed by atoms with Gasteiger partial charge in [0.2, 0.25) is 0 Å². The van der Waals surface area contributed by atoms with Crippen LogP contribution in [0.4, 0.5) is 0 Å². The Morgan fingerprint density at radius 1 is 0.383 bits per heavy atom. The Labute approximate surface area is 351 Å². The third-order valence-corrected chi connectivity index (χ3v) is 13.8. The number of fused-ring (bicyclic) bond motifs is 16. The second kappa shape index (κ2) is 12.8. The SMILES string of the molecule is c1ccc(-c2ccc3ccc4ccc(-c5ccc6c(c5)-c5c(ccc7c(-c8ccccc8)nc8ccccc8c57)C65c6ccccc6Sc6ccccc65)nc4c3n2)cc1. The van der Waals surface area contributed by atoms with Crippen LogP contribution in [-0.2, 0) is 5.41 Å². The molecule has 0 saturated carbocycles. The molecule has 2 aliphatic rings. The van der Waals surface area contributed by atoms with E-state index in [4.69, 9.17) is 15.0 Å². The zero-order valence-corrected chi connectivity index (χ0v) is 33.1. The highest BCUT2D eigenvalue weighted by Gasteiger charge is 2.51. The maximum atomic E-state index is 5.46. The normalized spacial score (nSPS) is 13.4. The van der Waals surface area contributed by atoms with Crippen LogP contribution in [0.25, 0.3) is 88.4 Å². The molecule has 0 amide bonds. The number of rotatable bonds is 3. The summed E-state index contributed by atoms with van der Waals surface area (Å²) in [6, 6.07) is 72.5. The Morgan fingerprint density at radius 3 is 1.65 bits per heavy atom. The van der Waals surface area contributed by atoms with Crippen LogP contribution in [0.15, 0.2) is 210 Å². The standard InChI is InChI=1S/C56H33N3S/c1-3-13-34(14-4-1)46-31-26-36-23-24-37-27-32-47(58-55(37)54(36)57-46)38-25-29-42-41(33-38)52-45(56(42)43-18-8-11-21-49(43)60-50-22-12-9-19-44(50)56)30-28-40-51(52)39-17-7-10-20-48(39)59-53(40)35-15-5-2-6-16-35/h1-33H. The van der Waals surface area contributed by atoms with Crippen molar-refractivity contribution in [1.82, 2.24) is 15.0 Å². The van der Waals surface area contributed by atoms with Crippen molar-refractivity contribution in [2.75, 3.05) is 0 Å². The van der Waals surface area contributed by atoms with Gasteiger partial charge < -0.3 is 0 Å². The summed E-state index contributed by atoms with van der Waals surface area (Å²) in [7, 11) is 0. The molecule has 0 bridgehead atoms. The van der Waals surface area contributed by atoms with Crippen LogP contribution in [0.2, 0.25) is 0 Å². The topological polar surface area (TPSA) is 38.7 Å². The number of aromatic nitrogens is 3. The van der Waals surface area contributed by atoms with Gasteiger partial charge in [-0.25, -0.2) is 15.0 Å². The number of benzene rings is 8. The fourth-order valence-corrected chi connectivity index (χ4v) is 11.3. The van der Waals surface area contributed by atoms with Gasteiger partial charge in [-0.3, -0.25) is 0 Å². The third kappa shape index (κ3) is 4.71. The van der Waals surface area contributed by atoms with Crippen LogP contribution in [0.5, 0.6) is 0 Å². The number of nitrogens with zero attached hydrogens (tertiary/aromatic N) is 3. The van der Waals surface area contributed by atoms with Gasteiger partial charge in [0.1, 0.15) is 0 Å². The van der Waals surface area contributed by atoms with E-state index < -0.39 is 5.41 Å². The van der Waals surface area contributed by atoms with Gasteiger partial charge in [-0.2, -0.15) is 0 Å². The van der Waals surface area contributed by atoms with E-state index in [1.54, 1.807) is 0 Å². The Morgan fingerprint density at radius 2 is 0.950 bits per heavy atom. The molecule has 0 radical (unpaired) electrons. The molecule has 0 fully saturated rings. The molecular weight excluding hydrogens is 747 g/mol. The van der Waals surface area contributed by atoms with Crippen LogP contribution >= 0.6 is 11.8 Å². The number of hydrogen-bond donors (Lipinski definition) is 0. The summed E-state index contributed by atoms with van der Waals surface area (Å²) in [5.41, 5.74) is 16.1. The van der Waals surface area contributed by atoms with Crippen LogP contribution < -0.4 is 0 Å². The first-order valence-electron chi connectivity index (χ1n) is 20.4. The van der Waals surface area contributed by atoms with E-state index in [1.807, 2.05) is 17.8 Å². The maximum Gasteiger partial charge on any atom is 0.0972 e. The second-order valence-electron chi connectivity index (χ2n) is 15.8. The largest absolute Gasteiger partial charge is 0.247 e. The van der Waals surface area contributed by atoms with Crippen LogP contribution in [0.3, 0.4) is 0 Å². The maximum absolute atomic E-state index is 5.46. The lowest BCUT2D eigenvalue weighted by atomic mass is 9.67. The van der Waals surface area contributed by atoms with Crippen LogP contribution in [-0.4, -0.2) is 15.0 Å². The average molecular weight is 780 g/mol. The minimum Gasteiger partial charge on any atom is -0.247 e. The first kappa shape index (κ1) is 33.6. The monoisotopic (exact) mass is 779 g/mol. The quantitative estimate of drug-likeness (QED) is 0.167. The molecule has 278 valence electrons. The Bertz CT molecular complexity index is 3530. The van der Waals surface area contributed by atoms with E-state index in [1.165, 1.54) is 48.6 Å². The molecule has 13 rings (SSSR count). The lowest BCUT2D eigenvalue weighted by Gasteiger charge is -2.39. The van der Waals surface area contributed by atoms with Gasteiger partial charge in [-0.15, -0.1) is 0 Å². The fraction of sp³-hybridized carbons (Fsp3) is 0.0179. The summed E-state index contributed by atoms with van der Waals surface area (Å²) < 4.78 is 0. The molecule has 1 aliphatic heterocycles. The molecule has 1 spiro atoms. The molecule has 4 heterocycles. The minimum atomic E-state index is -0.530. The first-order valence-corrected chi connectivity index (χ1v) is 21.3. The zero-order valence-electron chi connectivity index (χ0n) is 32.3. The summed E-state index contributed by atoms with van der Waals surface area (Å²) >= 11 is 1.87. The Balaban J connectivity index is 1.13.